The number of hydrogen-bond donors (Lipinski definition) is 0. The third-order valence-corrected chi connectivity index (χ3v) is 6.50. The van der Waals surface area contributed by atoms with Gasteiger partial charge in [0.15, 0.2) is 4.80 Å². The van der Waals surface area contributed by atoms with Crippen molar-refractivity contribution in [1.82, 2.24) is 4.57 Å². The maximum atomic E-state index is 13.6. The van der Waals surface area contributed by atoms with Gasteiger partial charge in [-0.05, 0) is 69.2 Å². The number of esters is 1. The summed E-state index contributed by atoms with van der Waals surface area (Å²) in [5, 5.41) is 0. The van der Waals surface area contributed by atoms with Gasteiger partial charge in [-0.1, -0.05) is 35.6 Å². The first-order chi connectivity index (χ1) is 17.0. The molecule has 8 heteroatoms. The number of carbonyl (C=O) groups excluding carboxylic acids is 1. The SMILES string of the molecule is CCOC(=O)C1=C(C)N=c2s/c(=C\c3ccc(OCC)cc3)c(=O)n2[C@H]1c1ccc(OCC)cc1. The van der Waals surface area contributed by atoms with Crippen LogP contribution in [0.2, 0.25) is 0 Å². The van der Waals surface area contributed by atoms with Crippen LogP contribution in [0.3, 0.4) is 0 Å². The minimum Gasteiger partial charge on any atom is -0.494 e. The maximum absolute atomic E-state index is 13.6. The third kappa shape index (κ3) is 5.07. The predicted octanol–water partition coefficient (Wildman–Crippen LogP) is 3.60. The van der Waals surface area contributed by atoms with Crippen molar-refractivity contribution in [3.05, 3.63) is 90.6 Å². The fourth-order valence-corrected chi connectivity index (χ4v) is 5.04. The molecule has 0 N–H and O–H groups in total. The number of hydrogen-bond acceptors (Lipinski definition) is 7. The first kappa shape index (κ1) is 24.5. The predicted molar refractivity (Wildman–Crippen MR) is 136 cm³/mol. The van der Waals surface area contributed by atoms with Crippen LogP contribution in [0, 0.1) is 0 Å². The Morgan fingerprint density at radius 1 is 0.971 bits per heavy atom. The summed E-state index contributed by atoms with van der Waals surface area (Å²) < 4.78 is 18.5. The lowest BCUT2D eigenvalue weighted by molar-refractivity contribution is -0.139. The molecule has 4 rings (SSSR count). The number of fused-ring (bicyclic) bond motifs is 1. The van der Waals surface area contributed by atoms with Gasteiger partial charge in [-0.3, -0.25) is 9.36 Å². The van der Waals surface area contributed by atoms with Gasteiger partial charge in [0, 0.05) is 0 Å². The first-order valence-corrected chi connectivity index (χ1v) is 12.4. The number of aromatic nitrogens is 1. The van der Waals surface area contributed by atoms with Gasteiger partial charge in [0.2, 0.25) is 0 Å². The smallest absolute Gasteiger partial charge is 0.338 e. The molecular weight excluding hydrogens is 464 g/mol. The standard InChI is InChI=1S/C27H28N2O5S/c1-5-32-20-12-8-18(9-13-20)16-22-25(30)29-24(19-10-14-21(15-11-19)33-6-2)23(26(31)34-7-3)17(4)28-27(29)35-22/h8-16,24H,5-7H2,1-4H3/b22-16-/t24-/m0/s1. The number of ether oxygens (including phenoxy) is 3. The topological polar surface area (TPSA) is 79.1 Å². The molecule has 1 atom stereocenters. The van der Waals surface area contributed by atoms with Crippen LogP contribution in [0.25, 0.3) is 6.08 Å². The molecule has 2 heterocycles. The van der Waals surface area contributed by atoms with Crippen LogP contribution in [-0.4, -0.2) is 30.4 Å². The molecule has 0 saturated carbocycles. The monoisotopic (exact) mass is 492 g/mol. The zero-order valence-electron chi connectivity index (χ0n) is 20.2. The van der Waals surface area contributed by atoms with Crippen molar-refractivity contribution in [1.29, 1.82) is 0 Å². The molecule has 2 aromatic carbocycles. The highest BCUT2D eigenvalue weighted by Gasteiger charge is 2.33. The molecular formula is C27H28N2O5S. The van der Waals surface area contributed by atoms with E-state index in [9.17, 15) is 9.59 Å². The normalized spacial score (nSPS) is 15.4. The van der Waals surface area contributed by atoms with Gasteiger partial charge in [0.05, 0.1) is 41.7 Å². The molecule has 3 aromatic rings. The summed E-state index contributed by atoms with van der Waals surface area (Å²) in [6.45, 7) is 8.75. The summed E-state index contributed by atoms with van der Waals surface area (Å²) in [5.74, 6) is 1.02. The molecule has 182 valence electrons. The van der Waals surface area contributed by atoms with Crippen molar-refractivity contribution in [2.24, 2.45) is 4.99 Å². The van der Waals surface area contributed by atoms with Crippen LogP contribution >= 0.6 is 11.3 Å². The van der Waals surface area contributed by atoms with E-state index >= 15 is 0 Å². The van der Waals surface area contributed by atoms with Gasteiger partial charge in [-0.15, -0.1) is 0 Å². The van der Waals surface area contributed by atoms with Crippen LogP contribution in [0.4, 0.5) is 0 Å². The summed E-state index contributed by atoms with van der Waals surface area (Å²) in [6.07, 6.45) is 1.83. The molecule has 1 aliphatic rings. The Morgan fingerprint density at radius 3 is 2.14 bits per heavy atom. The van der Waals surface area contributed by atoms with Crippen molar-refractivity contribution in [3.63, 3.8) is 0 Å². The summed E-state index contributed by atoms with van der Waals surface area (Å²) in [5.41, 5.74) is 2.33. The summed E-state index contributed by atoms with van der Waals surface area (Å²) >= 11 is 1.30. The highest BCUT2D eigenvalue weighted by atomic mass is 32.1. The maximum Gasteiger partial charge on any atom is 0.338 e. The number of allylic oxidation sites excluding steroid dienone is 1. The molecule has 1 aliphatic heterocycles. The molecule has 0 fully saturated rings. The van der Waals surface area contributed by atoms with Crippen LogP contribution in [-0.2, 0) is 9.53 Å². The summed E-state index contributed by atoms with van der Waals surface area (Å²) in [4.78, 5) is 31.7. The molecule has 0 saturated heterocycles. The van der Waals surface area contributed by atoms with E-state index < -0.39 is 12.0 Å². The van der Waals surface area contributed by atoms with Crippen LogP contribution in [0.15, 0.2) is 69.6 Å². The second kappa shape index (κ2) is 10.7. The van der Waals surface area contributed by atoms with E-state index in [1.54, 1.807) is 18.4 Å². The molecule has 0 radical (unpaired) electrons. The Morgan fingerprint density at radius 2 is 1.57 bits per heavy atom. The fraction of sp³-hybridized carbons (Fsp3) is 0.296. The molecule has 0 amide bonds. The lowest BCUT2D eigenvalue weighted by Gasteiger charge is -2.24. The molecule has 35 heavy (non-hydrogen) atoms. The van der Waals surface area contributed by atoms with Crippen LogP contribution in [0.1, 0.15) is 44.9 Å². The zero-order chi connectivity index (χ0) is 24.9. The van der Waals surface area contributed by atoms with Gasteiger partial charge < -0.3 is 14.2 Å². The van der Waals surface area contributed by atoms with Crippen molar-refractivity contribution in [2.75, 3.05) is 19.8 Å². The van der Waals surface area contributed by atoms with E-state index in [0.29, 0.717) is 33.8 Å². The fourth-order valence-electron chi connectivity index (χ4n) is 4.00. The van der Waals surface area contributed by atoms with Gasteiger partial charge in [-0.25, -0.2) is 9.79 Å². The minimum absolute atomic E-state index is 0.212. The Bertz CT molecular complexity index is 1420. The second-order valence-corrected chi connectivity index (χ2v) is 8.82. The largest absolute Gasteiger partial charge is 0.494 e. The highest BCUT2D eigenvalue weighted by molar-refractivity contribution is 7.07. The van der Waals surface area contributed by atoms with E-state index in [4.69, 9.17) is 14.2 Å². The number of benzene rings is 2. The Labute approximate surface area is 207 Å². The first-order valence-electron chi connectivity index (χ1n) is 11.6. The van der Waals surface area contributed by atoms with E-state index in [-0.39, 0.29) is 12.2 Å². The third-order valence-electron chi connectivity index (χ3n) is 5.51. The van der Waals surface area contributed by atoms with Crippen molar-refractivity contribution < 1.29 is 19.0 Å². The van der Waals surface area contributed by atoms with E-state index in [1.165, 1.54) is 11.3 Å². The molecule has 7 nitrogen and oxygen atoms in total. The number of rotatable bonds is 8. The van der Waals surface area contributed by atoms with Crippen LogP contribution < -0.4 is 24.4 Å². The lowest BCUT2D eigenvalue weighted by Crippen LogP contribution is -2.39. The minimum atomic E-state index is -0.650. The van der Waals surface area contributed by atoms with Crippen molar-refractivity contribution >= 4 is 23.4 Å². The Kier molecular flexibility index (Phi) is 7.51. The van der Waals surface area contributed by atoms with Crippen LogP contribution in [0.5, 0.6) is 11.5 Å². The summed E-state index contributed by atoms with van der Waals surface area (Å²) in [7, 11) is 0. The molecule has 0 unspecified atom stereocenters. The van der Waals surface area contributed by atoms with E-state index in [0.717, 1.165) is 22.6 Å². The van der Waals surface area contributed by atoms with E-state index in [1.807, 2.05) is 68.5 Å². The van der Waals surface area contributed by atoms with E-state index in [2.05, 4.69) is 4.99 Å². The van der Waals surface area contributed by atoms with Crippen molar-refractivity contribution in [2.45, 2.75) is 33.7 Å². The number of carbonyl (C=O) groups is 1. The average Bonchev–Trinajstić information content (AvgIpc) is 3.15. The molecule has 0 bridgehead atoms. The quantitative estimate of drug-likeness (QED) is 0.449. The van der Waals surface area contributed by atoms with Gasteiger partial charge >= 0.3 is 5.97 Å². The highest BCUT2D eigenvalue weighted by Crippen LogP contribution is 2.31. The number of thiazole rings is 1. The van der Waals surface area contributed by atoms with Crippen molar-refractivity contribution in [3.8, 4) is 11.5 Å². The number of nitrogens with zero attached hydrogens (tertiary/aromatic N) is 2. The lowest BCUT2D eigenvalue weighted by atomic mass is 9.96. The molecule has 0 aliphatic carbocycles. The molecule has 1 aromatic heterocycles. The van der Waals surface area contributed by atoms with Gasteiger partial charge in [0.1, 0.15) is 11.5 Å². The molecule has 0 spiro atoms. The van der Waals surface area contributed by atoms with Gasteiger partial charge in [-0.2, -0.15) is 0 Å². The van der Waals surface area contributed by atoms with Gasteiger partial charge in [0.25, 0.3) is 5.56 Å². The second-order valence-electron chi connectivity index (χ2n) is 7.81. The Hall–Kier alpha value is -3.65. The average molecular weight is 493 g/mol. The summed E-state index contributed by atoms with van der Waals surface area (Å²) in [6, 6.07) is 14.3. The Balaban J connectivity index is 1.85. The zero-order valence-corrected chi connectivity index (χ0v) is 21.1.